The minimum absolute atomic E-state index is 0.0248. The van der Waals surface area contributed by atoms with E-state index in [4.69, 9.17) is 9.15 Å². The summed E-state index contributed by atoms with van der Waals surface area (Å²) in [6.07, 6.45) is 0.818. The largest absolute Gasteiger partial charge is 0.423 e. The molecule has 0 spiro atoms. The van der Waals surface area contributed by atoms with Crippen molar-refractivity contribution in [2.24, 2.45) is 0 Å². The number of ether oxygens (including phenoxy) is 1. The molecule has 0 aliphatic heterocycles. The Labute approximate surface area is 131 Å². The lowest BCUT2D eigenvalue weighted by Crippen LogP contribution is -2.18. The van der Waals surface area contributed by atoms with Crippen LogP contribution >= 0.6 is 0 Å². The van der Waals surface area contributed by atoms with Crippen LogP contribution in [0, 0.1) is 5.82 Å². The Bertz CT molecular complexity index is 943. The second-order valence-electron chi connectivity index (χ2n) is 5.02. The van der Waals surface area contributed by atoms with Gasteiger partial charge in [-0.15, -0.1) is 0 Å². The molecule has 0 N–H and O–H groups in total. The quantitative estimate of drug-likeness (QED) is 0.420. The average Bonchev–Trinajstić information content (AvgIpc) is 2.53. The number of esters is 1. The van der Waals surface area contributed by atoms with E-state index in [-0.39, 0.29) is 11.3 Å². The first-order chi connectivity index (χ1) is 11.1. The molecule has 0 amide bonds. The fraction of sp³-hybridized carbons (Fsp3) is 0.111. The van der Waals surface area contributed by atoms with E-state index in [2.05, 4.69) is 0 Å². The fourth-order valence-corrected chi connectivity index (χ4v) is 2.23. The molecular formula is C18H13FO4. The normalized spacial score (nSPS) is 10.7. The summed E-state index contributed by atoms with van der Waals surface area (Å²) < 4.78 is 23.3. The highest BCUT2D eigenvalue weighted by Crippen LogP contribution is 2.18. The number of aryl methyl sites for hydroxylation is 1. The molecule has 3 aromatic rings. The van der Waals surface area contributed by atoms with E-state index in [0.29, 0.717) is 11.0 Å². The first kappa shape index (κ1) is 15.0. The summed E-state index contributed by atoms with van der Waals surface area (Å²) in [6.45, 7) is 2.00. The first-order valence-corrected chi connectivity index (χ1v) is 7.11. The second-order valence-corrected chi connectivity index (χ2v) is 5.02. The summed E-state index contributed by atoms with van der Waals surface area (Å²) in [4.78, 5) is 24.1. The van der Waals surface area contributed by atoms with E-state index in [1.165, 1.54) is 24.3 Å². The molecular weight excluding hydrogens is 299 g/mol. The molecule has 3 rings (SSSR count). The number of hydrogen-bond donors (Lipinski definition) is 0. The Hall–Kier alpha value is -2.95. The lowest BCUT2D eigenvalue weighted by molar-refractivity contribution is 0.0730. The summed E-state index contributed by atoms with van der Waals surface area (Å²) in [7, 11) is 0. The van der Waals surface area contributed by atoms with Crippen molar-refractivity contribution < 1.29 is 18.3 Å². The van der Waals surface area contributed by atoms with Crippen molar-refractivity contribution >= 4 is 16.9 Å². The van der Waals surface area contributed by atoms with Gasteiger partial charge >= 0.3 is 11.6 Å². The SMILES string of the molecule is CCc1ccc2oc(=O)c(C(=O)Oc3cccc(F)c3)cc2c1. The second kappa shape index (κ2) is 6.04. The number of carbonyl (C=O) groups excluding carboxylic acids is 1. The van der Waals surface area contributed by atoms with Gasteiger partial charge in [0.25, 0.3) is 0 Å². The van der Waals surface area contributed by atoms with Crippen molar-refractivity contribution in [3.8, 4) is 5.75 Å². The lowest BCUT2D eigenvalue weighted by Gasteiger charge is -2.05. The third kappa shape index (κ3) is 3.13. The number of rotatable bonds is 3. The minimum atomic E-state index is -0.881. The van der Waals surface area contributed by atoms with Gasteiger partial charge in [-0.3, -0.25) is 0 Å². The van der Waals surface area contributed by atoms with Crippen LogP contribution in [0.25, 0.3) is 11.0 Å². The molecule has 0 atom stereocenters. The summed E-state index contributed by atoms with van der Waals surface area (Å²) in [5.41, 5.74) is 0.434. The molecule has 0 saturated heterocycles. The highest BCUT2D eigenvalue weighted by Gasteiger charge is 2.16. The van der Waals surface area contributed by atoms with Crippen LogP contribution in [-0.2, 0) is 6.42 Å². The highest BCUT2D eigenvalue weighted by molar-refractivity contribution is 5.94. The van der Waals surface area contributed by atoms with Crippen molar-refractivity contribution in [1.29, 1.82) is 0 Å². The molecule has 0 aliphatic rings. The Morgan fingerprint density at radius 1 is 1.17 bits per heavy atom. The molecule has 0 fully saturated rings. The van der Waals surface area contributed by atoms with Gasteiger partial charge in [-0.1, -0.05) is 19.1 Å². The van der Waals surface area contributed by atoms with Gasteiger partial charge in [-0.25, -0.2) is 14.0 Å². The Kier molecular flexibility index (Phi) is 3.93. The first-order valence-electron chi connectivity index (χ1n) is 7.11. The summed E-state index contributed by atoms with van der Waals surface area (Å²) in [5.74, 6) is -1.39. The zero-order valence-electron chi connectivity index (χ0n) is 12.3. The topological polar surface area (TPSA) is 56.5 Å². The van der Waals surface area contributed by atoms with Crippen LogP contribution in [0.1, 0.15) is 22.8 Å². The van der Waals surface area contributed by atoms with Crippen molar-refractivity contribution in [2.45, 2.75) is 13.3 Å². The maximum atomic E-state index is 13.1. The average molecular weight is 312 g/mol. The fourth-order valence-electron chi connectivity index (χ4n) is 2.23. The zero-order valence-corrected chi connectivity index (χ0v) is 12.3. The van der Waals surface area contributed by atoms with Gasteiger partial charge in [-0.05, 0) is 42.3 Å². The van der Waals surface area contributed by atoms with Gasteiger partial charge < -0.3 is 9.15 Å². The zero-order chi connectivity index (χ0) is 16.4. The number of carbonyl (C=O) groups is 1. The van der Waals surface area contributed by atoms with E-state index in [9.17, 15) is 14.0 Å². The van der Waals surface area contributed by atoms with Crippen LogP contribution in [0.2, 0.25) is 0 Å². The summed E-state index contributed by atoms with van der Waals surface area (Å²) in [5, 5.41) is 0.634. The smallest absolute Gasteiger partial charge is 0.351 e. The molecule has 2 aromatic carbocycles. The van der Waals surface area contributed by atoms with E-state index in [1.54, 1.807) is 6.07 Å². The van der Waals surface area contributed by atoms with Crippen LogP contribution in [-0.4, -0.2) is 5.97 Å². The van der Waals surface area contributed by atoms with Crippen molar-refractivity contribution in [3.05, 3.63) is 75.9 Å². The number of benzene rings is 2. The number of fused-ring (bicyclic) bond motifs is 1. The number of hydrogen-bond acceptors (Lipinski definition) is 4. The maximum Gasteiger partial charge on any atom is 0.351 e. The molecule has 0 aliphatic carbocycles. The minimum Gasteiger partial charge on any atom is -0.423 e. The van der Waals surface area contributed by atoms with Gasteiger partial charge in [-0.2, -0.15) is 0 Å². The van der Waals surface area contributed by atoms with E-state index >= 15 is 0 Å². The predicted octanol–water partition coefficient (Wildman–Crippen LogP) is 3.71. The van der Waals surface area contributed by atoms with Gasteiger partial charge in [0, 0.05) is 11.5 Å². The molecule has 1 heterocycles. The van der Waals surface area contributed by atoms with E-state index in [1.807, 2.05) is 19.1 Å². The third-order valence-corrected chi connectivity index (χ3v) is 3.43. The standard InChI is InChI=1S/C18H13FO4/c1-2-11-6-7-16-12(8-11)9-15(18(21)23-16)17(20)22-14-5-3-4-13(19)10-14/h3-10H,2H2,1H3. The number of halogens is 1. The Balaban J connectivity index is 1.99. The molecule has 0 radical (unpaired) electrons. The van der Waals surface area contributed by atoms with E-state index < -0.39 is 17.4 Å². The molecule has 0 unspecified atom stereocenters. The maximum absolute atomic E-state index is 13.1. The third-order valence-electron chi connectivity index (χ3n) is 3.43. The molecule has 5 heteroatoms. The van der Waals surface area contributed by atoms with Crippen LogP contribution in [0.3, 0.4) is 0 Å². The molecule has 4 nitrogen and oxygen atoms in total. The van der Waals surface area contributed by atoms with Gasteiger partial charge in [0.2, 0.25) is 0 Å². The molecule has 0 saturated carbocycles. The molecule has 23 heavy (non-hydrogen) atoms. The summed E-state index contributed by atoms with van der Waals surface area (Å²) in [6, 6.07) is 12.0. The predicted molar refractivity (Wildman–Crippen MR) is 83.2 cm³/mol. The Morgan fingerprint density at radius 2 is 2.00 bits per heavy atom. The van der Waals surface area contributed by atoms with Crippen LogP contribution < -0.4 is 10.4 Å². The van der Waals surface area contributed by atoms with Gasteiger partial charge in [0.1, 0.15) is 22.7 Å². The van der Waals surface area contributed by atoms with Gasteiger partial charge in [0.05, 0.1) is 0 Å². The van der Waals surface area contributed by atoms with Gasteiger partial charge in [0.15, 0.2) is 0 Å². The van der Waals surface area contributed by atoms with Crippen LogP contribution in [0.5, 0.6) is 5.75 Å². The van der Waals surface area contributed by atoms with E-state index in [0.717, 1.165) is 18.1 Å². The Morgan fingerprint density at radius 3 is 2.74 bits per heavy atom. The molecule has 116 valence electrons. The van der Waals surface area contributed by atoms with Crippen molar-refractivity contribution in [2.75, 3.05) is 0 Å². The molecule has 1 aromatic heterocycles. The monoisotopic (exact) mass is 312 g/mol. The summed E-state index contributed by atoms with van der Waals surface area (Å²) >= 11 is 0. The van der Waals surface area contributed by atoms with Crippen molar-refractivity contribution in [1.82, 2.24) is 0 Å². The highest BCUT2D eigenvalue weighted by atomic mass is 19.1. The molecule has 0 bridgehead atoms. The van der Waals surface area contributed by atoms with Crippen LogP contribution in [0.15, 0.2) is 57.7 Å². The van der Waals surface area contributed by atoms with Crippen LogP contribution in [0.4, 0.5) is 4.39 Å². The van der Waals surface area contributed by atoms with Crippen molar-refractivity contribution in [3.63, 3.8) is 0 Å². The lowest BCUT2D eigenvalue weighted by atomic mass is 10.1.